The molecule has 0 N–H and O–H groups in total. The molecule has 4 heteroatoms. The maximum Gasteiger partial charge on any atom is 1.00 e. The normalized spacial score (nSPS) is 12.3. The Morgan fingerprint density at radius 2 is 2.14 bits per heavy atom. The third-order valence-corrected chi connectivity index (χ3v) is 1.11. The maximum absolute atomic E-state index is 9.60. The van der Waals surface area contributed by atoms with Crippen LogP contribution in [0.15, 0.2) is 0 Å². The van der Waals surface area contributed by atoms with Crippen LogP contribution in [0.25, 0.3) is 0 Å². The Hall–Kier alpha value is 0.707. The summed E-state index contributed by atoms with van der Waals surface area (Å²) in [6, 6.07) is 0. The van der Waals surface area contributed by atoms with Crippen LogP contribution >= 0.6 is 0 Å². The van der Waals surface area contributed by atoms with Crippen molar-refractivity contribution < 1.29 is 27.6 Å². The van der Waals surface area contributed by atoms with E-state index in [0.717, 1.165) is 6.42 Å². The molecule has 0 aliphatic rings. The van der Waals surface area contributed by atoms with Crippen molar-refractivity contribution in [2.24, 2.45) is 0 Å². The van der Waals surface area contributed by atoms with E-state index in [2.05, 4.69) is 0 Å². The third kappa shape index (κ3) is 10.8. The van der Waals surface area contributed by atoms with E-state index in [1.165, 1.54) is 0 Å². The summed E-state index contributed by atoms with van der Waals surface area (Å²) in [4.78, 5) is 0. The average molecular weight is 114 g/mol. The molecule has 0 rings (SSSR count). The number of rotatable bonds is 2. The molecule has 0 heterocycles. The zero-order chi connectivity index (χ0) is 4.99. The zero-order valence-electron chi connectivity index (χ0n) is 4.64. The minimum absolute atomic E-state index is 0. The Balaban J connectivity index is 0. The van der Waals surface area contributed by atoms with Crippen molar-refractivity contribution in [1.29, 1.82) is 0 Å². The van der Waals surface area contributed by atoms with Gasteiger partial charge in [0.05, 0.1) is 0 Å². The summed E-state index contributed by atoms with van der Waals surface area (Å²) in [5.74, 6) is 0.292. The molecule has 0 aliphatic heterocycles. The van der Waals surface area contributed by atoms with Gasteiger partial charge in [-0.2, -0.15) is 0 Å². The molecule has 0 aromatic carbocycles. The molecule has 0 radical (unpaired) electrons. The third-order valence-electron chi connectivity index (χ3n) is 0.371. The van der Waals surface area contributed by atoms with Gasteiger partial charge in [-0.1, -0.05) is 18.0 Å². The SMILES string of the molecule is CCCS(=O)[O-].[Li+]. The van der Waals surface area contributed by atoms with E-state index in [1.807, 2.05) is 6.92 Å². The molecule has 7 heavy (non-hydrogen) atoms. The van der Waals surface area contributed by atoms with Crippen molar-refractivity contribution in [1.82, 2.24) is 0 Å². The predicted molar refractivity (Wildman–Crippen MR) is 24.1 cm³/mol. The maximum atomic E-state index is 9.60. The monoisotopic (exact) mass is 114 g/mol. The summed E-state index contributed by atoms with van der Waals surface area (Å²) in [5, 5.41) is 0. The quantitative estimate of drug-likeness (QED) is 0.289. The second kappa shape index (κ2) is 6.71. The minimum atomic E-state index is -1.82. The van der Waals surface area contributed by atoms with Crippen LogP contribution in [0.3, 0.4) is 0 Å². The molecular weight excluding hydrogens is 107 g/mol. The molecule has 0 saturated heterocycles. The van der Waals surface area contributed by atoms with E-state index in [1.54, 1.807) is 0 Å². The van der Waals surface area contributed by atoms with Crippen molar-refractivity contribution in [2.75, 3.05) is 5.75 Å². The van der Waals surface area contributed by atoms with Crippen molar-refractivity contribution in [2.45, 2.75) is 13.3 Å². The fourth-order valence-electron chi connectivity index (χ4n) is 0.167. The first-order chi connectivity index (χ1) is 2.77. The van der Waals surface area contributed by atoms with Gasteiger partial charge >= 0.3 is 18.9 Å². The minimum Gasteiger partial charge on any atom is -0.772 e. The molecule has 0 fully saturated rings. The summed E-state index contributed by atoms with van der Waals surface area (Å²) in [6.45, 7) is 1.83. The van der Waals surface area contributed by atoms with Gasteiger partial charge in [0.2, 0.25) is 0 Å². The van der Waals surface area contributed by atoms with Crippen LogP contribution in [0.5, 0.6) is 0 Å². The molecule has 0 saturated carbocycles. The molecular formula is C3H7LiO2S. The Labute approximate surface area is 58.1 Å². The van der Waals surface area contributed by atoms with Crippen molar-refractivity contribution in [3.63, 3.8) is 0 Å². The molecule has 0 aromatic heterocycles. The fourth-order valence-corrected chi connectivity index (χ4v) is 0.500. The Kier molecular flexibility index (Phi) is 10.2. The number of hydrogen-bond acceptors (Lipinski definition) is 2. The van der Waals surface area contributed by atoms with Gasteiger partial charge in [-0.05, 0) is 6.42 Å². The van der Waals surface area contributed by atoms with Gasteiger partial charge in [0.15, 0.2) is 0 Å². The molecule has 0 aromatic rings. The first-order valence-corrected chi connectivity index (χ1v) is 3.07. The van der Waals surface area contributed by atoms with E-state index in [4.69, 9.17) is 0 Å². The summed E-state index contributed by atoms with van der Waals surface area (Å²) >= 11 is -1.82. The zero-order valence-corrected chi connectivity index (χ0v) is 5.46. The van der Waals surface area contributed by atoms with Gasteiger partial charge in [-0.25, -0.2) is 0 Å². The van der Waals surface area contributed by atoms with Crippen LogP contribution in [0.4, 0.5) is 0 Å². The smallest absolute Gasteiger partial charge is 0.772 e. The van der Waals surface area contributed by atoms with Crippen LogP contribution in [0, 0.1) is 0 Å². The van der Waals surface area contributed by atoms with Gasteiger partial charge in [0.1, 0.15) is 0 Å². The van der Waals surface area contributed by atoms with E-state index >= 15 is 0 Å². The molecule has 0 bridgehead atoms. The van der Waals surface area contributed by atoms with Gasteiger partial charge in [0, 0.05) is 5.75 Å². The van der Waals surface area contributed by atoms with Crippen LogP contribution in [0.2, 0.25) is 0 Å². The van der Waals surface area contributed by atoms with Crippen LogP contribution in [0.1, 0.15) is 13.3 Å². The van der Waals surface area contributed by atoms with Crippen molar-refractivity contribution >= 4 is 11.1 Å². The van der Waals surface area contributed by atoms with Gasteiger partial charge < -0.3 is 4.55 Å². The Morgan fingerprint density at radius 1 is 1.71 bits per heavy atom. The van der Waals surface area contributed by atoms with Crippen molar-refractivity contribution in [3.8, 4) is 0 Å². The predicted octanol–water partition coefficient (Wildman–Crippen LogP) is -2.72. The summed E-state index contributed by atoms with van der Waals surface area (Å²) in [7, 11) is 0. The first kappa shape index (κ1) is 10.6. The second-order valence-corrected chi connectivity index (χ2v) is 2.02. The molecule has 0 amide bonds. The van der Waals surface area contributed by atoms with Crippen LogP contribution in [-0.4, -0.2) is 14.5 Å². The van der Waals surface area contributed by atoms with E-state index in [-0.39, 0.29) is 18.9 Å². The first-order valence-electron chi connectivity index (χ1n) is 1.83. The van der Waals surface area contributed by atoms with Gasteiger partial charge in [-0.15, -0.1) is 0 Å². The molecule has 38 valence electrons. The second-order valence-electron chi connectivity index (χ2n) is 1.01. The van der Waals surface area contributed by atoms with Crippen LogP contribution in [-0.2, 0) is 11.1 Å². The largest absolute Gasteiger partial charge is 1.00 e. The summed E-state index contributed by atoms with van der Waals surface area (Å²) in [5.41, 5.74) is 0. The fraction of sp³-hybridized carbons (Fsp3) is 1.00. The molecule has 1 atom stereocenters. The van der Waals surface area contributed by atoms with Crippen LogP contribution < -0.4 is 18.9 Å². The Morgan fingerprint density at radius 3 is 2.14 bits per heavy atom. The van der Waals surface area contributed by atoms with E-state index in [0.29, 0.717) is 5.75 Å². The number of hydrogen-bond donors (Lipinski definition) is 0. The standard InChI is InChI=1S/C3H8O2S.Li/c1-2-3-6(4)5;/h2-3H2,1H3,(H,4,5);/q;+1/p-1. The Bertz CT molecular complexity index is 56.9. The summed E-state index contributed by atoms with van der Waals surface area (Å²) in [6.07, 6.45) is 0.718. The van der Waals surface area contributed by atoms with E-state index < -0.39 is 11.1 Å². The van der Waals surface area contributed by atoms with Crippen molar-refractivity contribution in [3.05, 3.63) is 0 Å². The van der Waals surface area contributed by atoms with E-state index in [9.17, 15) is 8.76 Å². The van der Waals surface area contributed by atoms with Gasteiger partial charge in [-0.3, -0.25) is 4.21 Å². The molecule has 0 aliphatic carbocycles. The topological polar surface area (TPSA) is 40.1 Å². The molecule has 0 spiro atoms. The molecule has 1 unspecified atom stereocenters. The summed E-state index contributed by atoms with van der Waals surface area (Å²) < 4.78 is 19.2. The van der Waals surface area contributed by atoms with Gasteiger partial charge in [0.25, 0.3) is 0 Å². The average Bonchev–Trinajstić information content (AvgIpc) is 1.35. The molecule has 2 nitrogen and oxygen atoms in total.